The molecule has 0 aliphatic rings. The van der Waals surface area contributed by atoms with E-state index in [1.165, 1.54) is 38.5 Å². The Hall–Kier alpha value is -0.623. The minimum atomic E-state index is -0.312. The number of hydrogen-bond acceptors (Lipinski definition) is 6. The van der Waals surface area contributed by atoms with Crippen molar-refractivity contribution in [3.05, 3.63) is 0 Å². The van der Waals surface area contributed by atoms with Crippen LogP contribution in [0.25, 0.3) is 0 Å². The summed E-state index contributed by atoms with van der Waals surface area (Å²) in [4.78, 5) is 29.4. The van der Waals surface area contributed by atoms with Gasteiger partial charge in [-0.05, 0) is 26.7 Å². The van der Waals surface area contributed by atoms with Crippen LogP contribution in [0.2, 0.25) is 0 Å². The van der Waals surface area contributed by atoms with Crippen LogP contribution in [0.4, 0.5) is 0 Å². The Morgan fingerprint density at radius 3 is 1.27 bits per heavy atom. The average Bonchev–Trinajstić information content (AvgIpc) is 2.90. The zero-order valence-corrected chi connectivity index (χ0v) is 26.4. The molecule has 0 N–H and O–H groups in total. The molecule has 0 rings (SSSR count). The molecule has 0 fully saturated rings. The van der Waals surface area contributed by atoms with Gasteiger partial charge in [0.15, 0.2) is 0 Å². The molecule has 0 unspecified atom stereocenters. The number of unbranched alkanes of at least 4 members (excludes halogenated alkanes) is 8. The van der Waals surface area contributed by atoms with Crippen LogP contribution < -0.4 is 0 Å². The van der Waals surface area contributed by atoms with Gasteiger partial charge in [0.1, 0.15) is 13.2 Å². The van der Waals surface area contributed by atoms with E-state index in [1.54, 1.807) is 0 Å². The Balaban J connectivity index is 0. The third-order valence-corrected chi connectivity index (χ3v) is 6.62. The fourth-order valence-corrected chi connectivity index (χ4v) is 4.23. The molecule has 0 aliphatic heterocycles. The van der Waals surface area contributed by atoms with Crippen molar-refractivity contribution < 1.29 is 28.5 Å². The Kier molecular flexibility index (Phi) is 29.6. The normalized spacial score (nSPS) is 11.3. The number of ether oxygens (including phenoxy) is 4. The van der Waals surface area contributed by atoms with Crippen molar-refractivity contribution in [3.63, 3.8) is 0 Å². The number of rotatable bonds is 28. The van der Waals surface area contributed by atoms with Gasteiger partial charge >= 0.3 is 18.9 Å². The van der Waals surface area contributed by atoms with Crippen molar-refractivity contribution in [2.45, 2.75) is 106 Å². The molecule has 0 heterocycles. The second kappa shape index (κ2) is 28.5. The molecule has 8 nitrogen and oxygen atoms in total. The molecular formula is C31H63LiN2O6. The second-order valence-corrected chi connectivity index (χ2v) is 11.1. The van der Waals surface area contributed by atoms with Crippen LogP contribution in [0.3, 0.4) is 0 Å². The second-order valence-electron chi connectivity index (χ2n) is 11.1. The van der Waals surface area contributed by atoms with Gasteiger partial charge in [-0.15, -0.1) is 0 Å². The standard InChI is InChI=1S/C31H62N2O6.Li.H/c1-7-11-13-15-17-19-32(21-23-36-9-3)29(34)25-38-27-31(5,6)28-39-26-30(35)33(22-24-37-10-4)20-18-16-14-12-8-2;;/h7-28H2,1-6H3;;. The zero-order valence-electron chi connectivity index (χ0n) is 26.4. The molecule has 0 aromatic carbocycles. The van der Waals surface area contributed by atoms with Crippen LogP contribution in [0.15, 0.2) is 0 Å². The molecule has 0 aromatic heterocycles. The zero-order chi connectivity index (χ0) is 29.2. The SMILES string of the molecule is CCCCCCCN(CCOCC)C(=O)COCC(C)(C)COCC(=O)N(CCCCCCC)CCOCC.[LiH]. The van der Waals surface area contributed by atoms with Gasteiger partial charge < -0.3 is 28.7 Å². The number of nitrogens with zero attached hydrogens (tertiary/aromatic N) is 2. The first kappa shape index (κ1) is 41.5. The Bertz CT molecular complexity index is 546. The first-order valence-corrected chi connectivity index (χ1v) is 15.7. The van der Waals surface area contributed by atoms with E-state index in [0.29, 0.717) is 52.7 Å². The third-order valence-electron chi connectivity index (χ3n) is 6.62. The summed E-state index contributed by atoms with van der Waals surface area (Å²) in [7, 11) is 0. The fraction of sp³-hybridized carbons (Fsp3) is 0.935. The van der Waals surface area contributed by atoms with Crippen molar-refractivity contribution in [2.75, 3.05) is 79.0 Å². The monoisotopic (exact) mass is 566 g/mol. The Morgan fingerprint density at radius 1 is 0.550 bits per heavy atom. The van der Waals surface area contributed by atoms with E-state index < -0.39 is 0 Å². The number of hydrogen-bond donors (Lipinski definition) is 0. The maximum absolute atomic E-state index is 12.8. The molecule has 0 aromatic rings. The Morgan fingerprint density at radius 2 is 0.925 bits per heavy atom. The van der Waals surface area contributed by atoms with Crippen molar-refractivity contribution in [1.29, 1.82) is 0 Å². The number of carbonyl (C=O) groups is 2. The molecule has 0 atom stereocenters. The van der Waals surface area contributed by atoms with Gasteiger partial charge in [-0.25, -0.2) is 0 Å². The summed E-state index contributed by atoms with van der Waals surface area (Å²) in [5.41, 5.74) is -0.312. The molecule has 9 heteroatoms. The average molecular weight is 567 g/mol. The predicted octanol–water partition coefficient (Wildman–Crippen LogP) is 5.07. The van der Waals surface area contributed by atoms with E-state index in [0.717, 1.165) is 38.8 Å². The molecule has 0 spiro atoms. The van der Waals surface area contributed by atoms with Crippen LogP contribution >= 0.6 is 0 Å². The Labute approximate surface area is 258 Å². The summed E-state index contributed by atoms with van der Waals surface area (Å²) < 4.78 is 22.6. The van der Waals surface area contributed by atoms with E-state index in [9.17, 15) is 9.59 Å². The quantitative estimate of drug-likeness (QED) is 0.0973. The number of carbonyl (C=O) groups excluding carboxylic acids is 2. The summed E-state index contributed by atoms with van der Waals surface area (Å²) in [6.07, 6.45) is 11.6. The van der Waals surface area contributed by atoms with Gasteiger partial charge in [0, 0.05) is 44.8 Å². The van der Waals surface area contributed by atoms with Crippen molar-refractivity contribution in [3.8, 4) is 0 Å². The van der Waals surface area contributed by atoms with Gasteiger partial charge in [0.2, 0.25) is 11.8 Å². The van der Waals surface area contributed by atoms with Crippen molar-refractivity contribution >= 4 is 30.7 Å². The fourth-order valence-electron chi connectivity index (χ4n) is 4.23. The number of amides is 2. The summed E-state index contributed by atoms with van der Waals surface area (Å²) >= 11 is 0. The molecule has 0 bridgehead atoms. The summed E-state index contributed by atoms with van der Waals surface area (Å²) in [6.45, 7) is 18.3. The van der Waals surface area contributed by atoms with Gasteiger partial charge in [-0.1, -0.05) is 79.1 Å². The predicted molar refractivity (Wildman–Crippen MR) is 166 cm³/mol. The molecule has 40 heavy (non-hydrogen) atoms. The maximum atomic E-state index is 12.8. The van der Waals surface area contributed by atoms with Crippen LogP contribution in [-0.2, 0) is 28.5 Å². The molecular weight excluding hydrogens is 503 g/mol. The molecule has 0 radical (unpaired) electrons. The van der Waals surface area contributed by atoms with Gasteiger partial charge in [0.25, 0.3) is 0 Å². The summed E-state index contributed by atoms with van der Waals surface area (Å²) in [6, 6.07) is 0. The van der Waals surface area contributed by atoms with E-state index >= 15 is 0 Å². The van der Waals surface area contributed by atoms with Crippen LogP contribution in [0.5, 0.6) is 0 Å². The van der Waals surface area contributed by atoms with E-state index in [4.69, 9.17) is 18.9 Å². The first-order valence-electron chi connectivity index (χ1n) is 15.7. The van der Waals surface area contributed by atoms with Crippen LogP contribution in [0, 0.1) is 5.41 Å². The topological polar surface area (TPSA) is 77.5 Å². The van der Waals surface area contributed by atoms with Gasteiger partial charge in [-0.3, -0.25) is 9.59 Å². The summed E-state index contributed by atoms with van der Waals surface area (Å²) in [5.74, 6) is 0.00179. The van der Waals surface area contributed by atoms with E-state index in [-0.39, 0.29) is 49.3 Å². The van der Waals surface area contributed by atoms with Crippen molar-refractivity contribution in [2.24, 2.45) is 5.41 Å². The van der Waals surface area contributed by atoms with Crippen LogP contribution in [-0.4, -0.2) is 120 Å². The third kappa shape index (κ3) is 24.0. The molecule has 2 amide bonds. The van der Waals surface area contributed by atoms with E-state index in [2.05, 4.69) is 13.8 Å². The first-order chi connectivity index (χ1) is 18.8. The molecule has 0 aliphatic carbocycles. The van der Waals surface area contributed by atoms with E-state index in [1.807, 2.05) is 37.5 Å². The van der Waals surface area contributed by atoms with Crippen LogP contribution in [0.1, 0.15) is 106 Å². The molecule has 0 saturated carbocycles. The van der Waals surface area contributed by atoms with Gasteiger partial charge in [0.05, 0.1) is 26.4 Å². The molecule has 234 valence electrons. The summed E-state index contributed by atoms with van der Waals surface area (Å²) in [5, 5.41) is 0. The molecule has 0 saturated heterocycles. The van der Waals surface area contributed by atoms with Crippen molar-refractivity contribution in [1.82, 2.24) is 9.80 Å². The van der Waals surface area contributed by atoms with Gasteiger partial charge in [-0.2, -0.15) is 0 Å². The minimum absolute atomic E-state index is 0.